The molecule has 0 saturated carbocycles. The first-order valence-corrected chi connectivity index (χ1v) is 30.8. The number of nitrogens with zero attached hydrogens (tertiary/aromatic N) is 2. The van der Waals surface area contributed by atoms with E-state index in [0.29, 0.717) is 56.1 Å². The normalized spacial score (nSPS) is 25.1. The van der Waals surface area contributed by atoms with E-state index in [1.165, 1.54) is 45.8 Å². The molecule has 2 unspecified atom stereocenters. The average molecular weight is 1190 g/mol. The molecule has 0 spiro atoms. The Bertz CT molecular complexity index is 2340. The van der Waals surface area contributed by atoms with Gasteiger partial charge in [0.05, 0.1) is 13.2 Å². The number of cyclic esters (lactones) is 2. The molecule has 1 aliphatic heterocycles. The number of carbonyl (C=O) groups excluding carboxylic acids is 8. The van der Waals surface area contributed by atoms with Crippen molar-refractivity contribution in [1.29, 1.82) is 0 Å². The highest BCUT2D eigenvalue weighted by Crippen LogP contribution is 2.65. The van der Waals surface area contributed by atoms with Crippen LogP contribution < -0.4 is 21.3 Å². The van der Waals surface area contributed by atoms with Crippen LogP contribution in [0.25, 0.3) is 0 Å². The Labute approximate surface area is 478 Å². The lowest BCUT2D eigenvalue weighted by Crippen LogP contribution is -2.57. The van der Waals surface area contributed by atoms with Gasteiger partial charge in [0.1, 0.15) is 43.0 Å². The van der Waals surface area contributed by atoms with Crippen molar-refractivity contribution in [1.82, 2.24) is 31.1 Å². The van der Waals surface area contributed by atoms with E-state index in [4.69, 9.17) is 18.7 Å². The summed E-state index contributed by atoms with van der Waals surface area (Å²) in [7, 11) is -6.53. The molecule has 10 atom stereocenters. The zero-order chi connectivity index (χ0) is 61.2. The van der Waals surface area contributed by atoms with Crippen LogP contribution in [0.2, 0.25) is 0 Å². The van der Waals surface area contributed by atoms with Crippen LogP contribution in [0.15, 0.2) is 53.6 Å². The molecule has 1 aliphatic rings. The SMILES string of the molecule is C/C=C(\C)[C@H]1OC(=O)[C@@H](C)NC(=O)[C@H](C(C)CC)NC(=O)CN(C)C(=O)[C@@H](Cc2ccccc2)N(C)C(=O)[C@H](C)NC(=O)[C@@H](CC(C)C)OC(=O)/C(C)=C/C[C@H](OC(=O)NCCCCCCCO[P+](O)(O)OP(=O)(O)OCCC)[C@@H]1C. The number of likely N-dealkylation sites (N-methyl/N-ethyl adjacent to an activating group) is 2. The molecule has 1 heterocycles. The number of phosphoric ester groups is 1. The minimum absolute atomic E-state index is 0.0417. The standard InChI is InChI=1S/C55H90N6O18P2/c1-14-30-74-80(70,71)79-81(72,73)75-31-24-19-17-18-23-29-56-55(69)77-44-28-27-38(8)53(67)76-45(32-35(4)5)49(63)57-40(10)51(65)61(13)43(33-42-25-21-20-22-26-42)52(66)60(12)34-46(62)59-47(36(6)15-2)50(64)58-41(11)54(68)78-48(39(44)9)37(7)16-3/h16,20-22,25-27,35-36,39-41,43-45,47-48,72-73H,14-15,17-19,23-24,28-34H2,1-13H3,(H4-,56,57,58,59,62,63,64,69,70,71)/p+1/b37-16+,38-27+/t36?,39-,40-,41+,43+,44-,45+,47-,48+/m0/s1. The first kappa shape index (κ1) is 71.8. The molecule has 81 heavy (non-hydrogen) atoms. The van der Waals surface area contributed by atoms with E-state index in [-0.39, 0.29) is 50.5 Å². The van der Waals surface area contributed by atoms with Gasteiger partial charge in [-0.2, -0.15) is 14.3 Å². The quantitative estimate of drug-likeness (QED) is 0.0225. The predicted octanol–water partition coefficient (Wildman–Crippen LogP) is 6.14. The van der Waals surface area contributed by atoms with Crippen molar-refractivity contribution >= 4 is 63.6 Å². The molecule has 1 aromatic carbocycles. The number of hydrogen-bond donors (Lipinski definition) is 7. The lowest BCUT2D eigenvalue weighted by molar-refractivity contribution is -0.155. The van der Waals surface area contributed by atoms with Gasteiger partial charge in [-0.05, 0) is 87.6 Å². The Balaban J connectivity index is 2.49. The molecular formula is C55H91N6O18P2+. The second-order valence-corrected chi connectivity index (χ2v) is 24.1. The van der Waals surface area contributed by atoms with E-state index < -0.39 is 124 Å². The molecular weight excluding hydrogens is 1090 g/mol. The minimum Gasteiger partial charge on any atom is -0.456 e. The fraction of sp³-hybridized carbons (Fsp3) is 0.673. The lowest BCUT2D eigenvalue weighted by Gasteiger charge is -2.33. The number of esters is 2. The van der Waals surface area contributed by atoms with Crippen LogP contribution in [-0.2, 0) is 72.1 Å². The number of alkyl carbamates (subject to hydrolysis) is 1. The van der Waals surface area contributed by atoms with Crippen LogP contribution in [0.4, 0.5) is 4.79 Å². The fourth-order valence-electron chi connectivity index (χ4n) is 8.39. The maximum Gasteiger partial charge on any atom is 0.580 e. The van der Waals surface area contributed by atoms with Gasteiger partial charge in [-0.25, -0.2) is 18.9 Å². The average Bonchev–Trinajstić information content (AvgIpc) is 3.44. The zero-order valence-electron chi connectivity index (χ0n) is 49.5. The Hall–Kier alpha value is -5.32. The van der Waals surface area contributed by atoms with E-state index in [1.54, 1.807) is 71.0 Å². The van der Waals surface area contributed by atoms with Gasteiger partial charge in [0, 0.05) is 45.0 Å². The molecule has 458 valence electrons. The molecule has 0 bridgehead atoms. The highest BCUT2D eigenvalue weighted by molar-refractivity contribution is 7.65. The number of nitrogens with one attached hydrogen (secondary N) is 4. The summed E-state index contributed by atoms with van der Waals surface area (Å²) < 4.78 is 43.7. The molecule has 1 aromatic rings. The number of carbonyl (C=O) groups is 8. The van der Waals surface area contributed by atoms with Crippen LogP contribution >= 0.6 is 16.0 Å². The Morgan fingerprint density at radius 2 is 1.52 bits per heavy atom. The Kier molecular flexibility index (Phi) is 31.6. The van der Waals surface area contributed by atoms with Gasteiger partial charge in [-0.15, -0.1) is 0 Å². The van der Waals surface area contributed by atoms with Crippen LogP contribution in [0.1, 0.15) is 140 Å². The molecule has 7 N–H and O–H groups in total. The topological polar surface area (TPSA) is 324 Å². The van der Waals surface area contributed by atoms with Crippen molar-refractivity contribution in [2.24, 2.45) is 17.8 Å². The number of phosphoric acid groups is 1. The van der Waals surface area contributed by atoms with Gasteiger partial charge in [0.15, 0.2) is 6.10 Å². The van der Waals surface area contributed by atoms with Gasteiger partial charge < -0.3 is 50.2 Å². The molecule has 26 heteroatoms. The summed E-state index contributed by atoms with van der Waals surface area (Å²) in [6.07, 6.45) is 2.42. The molecule has 0 aromatic heterocycles. The molecule has 6 amide bonds. The number of allylic oxidation sites excluding steroid dienone is 1. The summed E-state index contributed by atoms with van der Waals surface area (Å²) in [4.78, 5) is 143. The van der Waals surface area contributed by atoms with E-state index >= 15 is 0 Å². The highest BCUT2D eigenvalue weighted by Gasteiger charge is 2.49. The second-order valence-electron chi connectivity index (χ2n) is 21.0. The van der Waals surface area contributed by atoms with Gasteiger partial charge in [-0.1, -0.05) is 110 Å². The van der Waals surface area contributed by atoms with E-state index in [0.717, 1.165) is 4.90 Å². The Morgan fingerprint density at radius 1 is 0.889 bits per heavy atom. The number of rotatable bonds is 22. The number of benzene rings is 1. The summed E-state index contributed by atoms with van der Waals surface area (Å²) >= 11 is 0. The second kappa shape index (κ2) is 35.6. The third-order valence-corrected chi connectivity index (χ3v) is 16.3. The maximum absolute atomic E-state index is 14.3. The number of hydrogen-bond acceptors (Lipinski definition) is 17. The summed E-state index contributed by atoms with van der Waals surface area (Å²) in [6, 6.07) is 4.12. The maximum atomic E-state index is 14.3. The molecule has 0 aliphatic carbocycles. The van der Waals surface area contributed by atoms with E-state index in [1.807, 2.05) is 20.8 Å². The van der Waals surface area contributed by atoms with E-state index in [2.05, 4.69) is 30.1 Å². The largest absolute Gasteiger partial charge is 0.580 e. The first-order valence-electron chi connectivity index (χ1n) is 27.8. The van der Waals surface area contributed by atoms with Crippen molar-refractivity contribution in [3.05, 3.63) is 59.2 Å². The first-order chi connectivity index (χ1) is 38.0. The van der Waals surface area contributed by atoms with Gasteiger partial charge in [-0.3, -0.25) is 28.5 Å². The molecule has 0 fully saturated rings. The summed E-state index contributed by atoms with van der Waals surface area (Å²) in [5, 5.41) is 10.8. The summed E-state index contributed by atoms with van der Waals surface area (Å²) in [6.45, 7) is 17.7. The summed E-state index contributed by atoms with van der Waals surface area (Å²) in [5.41, 5.74) is 1.31. The van der Waals surface area contributed by atoms with Crippen LogP contribution in [0.3, 0.4) is 0 Å². The minimum atomic E-state index is -4.72. The summed E-state index contributed by atoms with van der Waals surface area (Å²) in [5.74, 6) is -6.54. The Morgan fingerprint density at radius 3 is 2.14 bits per heavy atom. The third-order valence-electron chi connectivity index (χ3n) is 13.6. The number of amides is 6. The van der Waals surface area contributed by atoms with Crippen molar-refractivity contribution in [3.63, 3.8) is 0 Å². The molecule has 0 radical (unpaired) electrons. The highest BCUT2D eigenvalue weighted by atomic mass is 31.3. The van der Waals surface area contributed by atoms with Crippen LogP contribution in [-0.4, -0.2) is 155 Å². The molecule has 24 nitrogen and oxygen atoms in total. The molecule has 2 rings (SSSR count). The van der Waals surface area contributed by atoms with Crippen molar-refractivity contribution in [3.8, 4) is 0 Å². The number of ether oxygens (including phenoxy) is 3. The number of unbranched alkanes of at least 4 members (excludes halogenated alkanes) is 4. The van der Waals surface area contributed by atoms with Gasteiger partial charge >= 0.3 is 34.0 Å². The smallest absolute Gasteiger partial charge is 0.456 e. The van der Waals surface area contributed by atoms with Crippen LogP contribution in [0, 0.1) is 17.8 Å². The molecule has 0 saturated heterocycles. The monoisotopic (exact) mass is 1190 g/mol. The van der Waals surface area contributed by atoms with Crippen LogP contribution in [0.5, 0.6) is 0 Å². The predicted molar refractivity (Wildman–Crippen MR) is 303 cm³/mol. The lowest BCUT2D eigenvalue weighted by atomic mass is 9.90. The van der Waals surface area contributed by atoms with Crippen molar-refractivity contribution < 1.29 is 85.2 Å². The van der Waals surface area contributed by atoms with Crippen molar-refractivity contribution in [2.75, 3.05) is 40.4 Å². The zero-order valence-corrected chi connectivity index (χ0v) is 51.3. The van der Waals surface area contributed by atoms with Crippen molar-refractivity contribution in [2.45, 2.75) is 183 Å². The van der Waals surface area contributed by atoms with Gasteiger partial charge in [0.25, 0.3) is 5.91 Å². The fourth-order valence-corrected chi connectivity index (χ4v) is 10.6. The third kappa shape index (κ3) is 25.8. The van der Waals surface area contributed by atoms with E-state index in [9.17, 15) is 57.6 Å². The van der Waals surface area contributed by atoms with Gasteiger partial charge in [0.2, 0.25) is 23.6 Å².